The molecule has 1 amide bonds. The van der Waals surface area contributed by atoms with Gasteiger partial charge in [0.05, 0.1) is 12.8 Å². The second-order valence-corrected chi connectivity index (χ2v) is 5.03. The highest BCUT2D eigenvalue weighted by Gasteiger charge is 2.25. The summed E-state index contributed by atoms with van der Waals surface area (Å²) in [4.78, 5) is 12.1. The van der Waals surface area contributed by atoms with Crippen LogP contribution < -0.4 is 15.4 Å². The smallest absolute Gasteiger partial charge is 0.227 e. The average Bonchev–Trinajstić information content (AvgIpc) is 2.42. The lowest BCUT2D eigenvalue weighted by atomic mass is 9.92. The van der Waals surface area contributed by atoms with Crippen molar-refractivity contribution in [3.05, 3.63) is 23.8 Å². The highest BCUT2D eigenvalue weighted by Crippen LogP contribution is 2.26. The fourth-order valence-electron chi connectivity index (χ4n) is 2.39. The number of carbonyl (C=O) groups excluding carboxylic acids is 1. The fraction of sp³-hybridized carbons (Fsp3) is 0.500. The third-order valence-electron chi connectivity index (χ3n) is 3.49. The first kappa shape index (κ1) is 14.7. The van der Waals surface area contributed by atoms with Gasteiger partial charge in [-0.1, -0.05) is 0 Å². The second-order valence-electron chi connectivity index (χ2n) is 5.03. The molecule has 0 aliphatic carbocycles. The molecule has 4 nitrogen and oxygen atoms in total. The van der Waals surface area contributed by atoms with Crippen LogP contribution in [-0.4, -0.2) is 25.6 Å². The van der Waals surface area contributed by atoms with Crippen molar-refractivity contribution >= 4 is 11.6 Å². The molecule has 0 unspecified atom stereocenters. The summed E-state index contributed by atoms with van der Waals surface area (Å²) in [5, 5.41) is 5.69. The van der Waals surface area contributed by atoms with Gasteiger partial charge in [0.25, 0.3) is 0 Å². The second kappa shape index (κ2) is 6.17. The third kappa shape index (κ3) is 3.25. The van der Waals surface area contributed by atoms with Gasteiger partial charge in [0, 0.05) is 24.1 Å². The molecule has 20 heavy (non-hydrogen) atoms. The van der Waals surface area contributed by atoms with Gasteiger partial charge >= 0.3 is 0 Å². The van der Waals surface area contributed by atoms with E-state index in [1.165, 1.54) is 7.11 Å². The van der Waals surface area contributed by atoms with E-state index in [0.29, 0.717) is 12.8 Å². The number of hydrogen-bond donors (Lipinski definition) is 2. The Hall–Kier alpha value is -1.69. The highest BCUT2D eigenvalue weighted by molar-refractivity contribution is 5.92. The van der Waals surface area contributed by atoms with Gasteiger partial charge in [-0.05, 0) is 26.3 Å². The first-order valence-electron chi connectivity index (χ1n) is 6.58. The SMILES string of the molecule is COc1cc(F)c(NC(=O)[C@H]2CCN[C@@H](C)C2)cc1F. The largest absolute Gasteiger partial charge is 0.494 e. The monoisotopic (exact) mass is 284 g/mol. The molecule has 0 radical (unpaired) electrons. The van der Waals surface area contributed by atoms with Gasteiger partial charge in [-0.3, -0.25) is 4.79 Å². The summed E-state index contributed by atoms with van der Waals surface area (Å²) in [5.74, 6) is -2.06. The molecule has 2 atom stereocenters. The molecule has 2 N–H and O–H groups in total. The van der Waals surface area contributed by atoms with Crippen molar-refractivity contribution in [1.82, 2.24) is 5.32 Å². The molecule has 1 aromatic carbocycles. The van der Waals surface area contributed by atoms with Crippen molar-refractivity contribution in [3.63, 3.8) is 0 Å². The lowest BCUT2D eigenvalue weighted by Gasteiger charge is -2.27. The minimum absolute atomic E-state index is 0.153. The molecular formula is C14H18F2N2O2. The van der Waals surface area contributed by atoms with E-state index in [2.05, 4.69) is 15.4 Å². The zero-order valence-electron chi connectivity index (χ0n) is 11.5. The number of hydrogen-bond acceptors (Lipinski definition) is 3. The van der Waals surface area contributed by atoms with Crippen LogP contribution in [0.2, 0.25) is 0 Å². The molecule has 0 bridgehead atoms. The lowest BCUT2D eigenvalue weighted by molar-refractivity contribution is -0.120. The maximum Gasteiger partial charge on any atom is 0.227 e. The molecule has 0 saturated carbocycles. The van der Waals surface area contributed by atoms with E-state index in [1.54, 1.807) is 0 Å². The summed E-state index contributed by atoms with van der Waals surface area (Å²) < 4.78 is 32.0. The first-order valence-corrected chi connectivity index (χ1v) is 6.58. The molecule has 110 valence electrons. The van der Waals surface area contributed by atoms with Crippen LogP contribution in [0.25, 0.3) is 0 Å². The molecule has 1 saturated heterocycles. The Morgan fingerprint density at radius 1 is 1.40 bits per heavy atom. The molecule has 1 aromatic rings. The van der Waals surface area contributed by atoms with Crippen LogP contribution in [0.15, 0.2) is 12.1 Å². The summed E-state index contributed by atoms with van der Waals surface area (Å²) in [6.07, 6.45) is 1.38. The Morgan fingerprint density at radius 2 is 2.15 bits per heavy atom. The summed E-state index contributed by atoms with van der Waals surface area (Å²) in [7, 11) is 1.26. The quantitative estimate of drug-likeness (QED) is 0.895. The number of methoxy groups -OCH3 is 1. The van der Waals surface area contributed by atoms with Gasteiger partial charge in [-0.2, -0.15) is 0 Å². The van der Waals surface area contributed by atoms with E-state index in [1.807, 2.05) is 6.92 Å². The molecule has 1 aliphatic rings. The predicted molar refractivity (Wildman–Crippen MR) is 71.7 cm³/mol. The highest BCUT2D eigenvalue weighted by atomic mass is 19.1. The zero-order chi connectivity index (χ0) is 14.7. The average molecular weight is 284 g/mol. The number of halogens is 2. The number of benzene rings is 1. The topological polar surface area (TPSA) is 50.4 Å². The van der Waals surface area contributed by atoms with Crippen LogP contribution in [0.3, 0.4) is 0 Å². The molecule has 0 aromatic heterocycles. The molecule has 1 fully saturated rings. The Bertz CT molecular complexity index is 508. The van der Waals surface area contributed by atoms with Gasteiger partial charge in [0.2, 0.25) is 5.91 Å². The number of amides is 1. The van der Waals surface area contributed by atoms with Crippen LogP contribution >= 0.6 is 0 Å². The summed E-state index contributed by atoms with van der Waals surface area (Å²) >= 11 is 0. The first-order chi connectivity index (χ1) is 9.51. The zero-order valence-corrected chi connectivity index (χ0v) is 11.5. The van der Waals surface area contributed by atoms with E-state index >= 15 is 0 Å². The summed E-state index contributed by atoms with van der Waals surface area (Å²) in [6.45, 7) is 2.74. The molecule has 0 spiro atoms. The molecule has 1 heterocycles. The van der Waals surface area contributed by atoms with Crippen LogP contribution in [0.4, 0.5) is 14.5 Å². The van der Waals surface area contributed by atoms with Crippen LogP contribution in [0.1, 0.15) is 19.8 Å². The summed E-state index contributed by atoms with van der Waals surface area (Å²) in [5.41, 5.74) is -0.153. The Labute approximate surface area is 116 Å². The van der Waals surface area contributed by atoms with Crippen LogP contribution in [0.5, 0.6) is 5.75 Å². The van der Waals surface area contributed by atoms with Crippen molar-refractivity contribution in [2.45, 2.75) is 25.8 Å². The Kier molecular flexibility index (Phi) is 4.54. The number of rotatable bonds is 3. The van der Waals surface area contributed by atoms with E-state index in [-0.39, 0.29) is 29.3 Å². The van der Waals surface area contributed by atoms with E-state index in [4.69, 9.17) is 0 Å². The predicted octanol–water partition coefficient (Wildman–Crippen LogP) is 2.30. The molecule has 2 rings (SSSR count). The van der Waals surface area contributed by atoms with Gasteiger partial charge < -0.3 is 15.4 Å². The standard InChI is InChI=1S/C14H18F2N2O2/c1-8-5-9(3-4-17-8)14(19)18-12-6-11(16)13(20-2)7-10(12)15/h6-9,17H,3-5H2,1-2H3,(H,18,19)/t8-,9-/m0/s1. The maximum absolute atomic E-state index is 13.7. The number of piperidine rings is 1. The Balaban J connectivity index is 2.09. The van der Waals surface area contributed by atoms with E-state index in [9.17, 15) is 13.6 Å². The third-order valence-corrected chi connectivity index (χ3v) is 3.49. The van der Waals surface area contributed by atoms with Crippen molar-refractivity contribution in [2.75, 3.05) is 19.0 Å². The molecule has 6 heteroatoms. The number of carbonyl (C=O) groups is 1. The van der Waals surface area contributed by atoms with Crippen molar-refractivity contribution in [1.29, 1.82) is 0 Å². The number of anilines is 1. The Morgan fingerprint density at radius 3 is 2.80 bits per heavy atom. The van der Waals surface area contributed by atoms with Crippen LogP contribution in [-0.2, 0) is 4.79 Å². The van der Waals surface area contributed by atoms with E-state index < -0.39 is 11.6 Å². The summed E-state index contributed by atoms with van der Waals surface area (Å²) in [6, 6.07) is 2.11. The lowest BCUT2D eigenvalue weighted by Crippen LogP contribution is -2.40. The molecular weight excluding hydrogens is 266 g/mol. The maximum atomic E-state index is 13.7. The number of nitrogens with one attached hydrogen (secondary N) is 2. The fourth-order valence-corrected chi connectivity index (χ4v) is 2.39. The minimum atomic E-state index is -0.710. The number of ether oxygens (including phenoxy) is 1. The minimum Gasteiger partial charge on any atom is -0.494 e. The van der Waals surface area contributed by atoms with Gasteiger partial charge in [0.15, 0.2) is 17.4 Å². The van der Waals surface area contributed by atoms with Gasteiger partial charge in [-0.15, -0.1) is 0 Å². The molecule has 1 aliphatic heterocycles. The van der Waals surface area contributed by atoms with Crippen molar-refractivity contribution in [2.24, 2.45) is 5.92 Å². The van der Waals surface area contributed by atoms with Gasteiger partial charge in [-0.25, -0.2) is 8.78 Å². The van der Waals surface area contributed by atoms with Crippen molar-refractivity contribution < 1.29 is 18.3 Å². The normalized spacial score (nSPS) is 22.4. The van der Waals surface area contributed by atoms with E-state index in [0.717, 1.165) is 18.7 Å². The van der Waals surface area contributed by atoms with Gasteiger partial charge in [0.1, 0.15) is 0 Å². The van der Waals surface area contributed by atoms with Crippen LogP contribution in [0, 0.1) is 17.6 Å². The van der Waals surface area contributed by atoms with Crippen molar-refractivity contribution in [3.8, 4) is 5.75 Å².